The van der Waals surface area contributed by atoms with Crippen LogP contribution in [0.25, 0.3) is 0 Å². The maximum Gasteiger partial charge on any atom is 0.223 e. The van der Waals surface area contributed by atoms with Crippen LogP contribution in [0.2, 0.25) is 0 Å². The van der Waals surface area contributed by atoms with Gasteiger partial charge in [0.1, 0.15) is 0 Å². The molecule has 2 rings (SSSR count). The Morgan fingerprint density at radius 3 is 2.74 bits per heavy atom. The fraction of sp³-hybridized carbons (Fsp3) is 0.857. The van der Waals surface area contributed by atoms with Gasteiger partial charge < -0.3 is 14.6 Å². The summed E-state index contributed by atoms with van der Waals surface area (Å²) in [6.45, 7) is 12.2. The van der Waals surface area contributed by atoms with Crippen molar-refractivity contribution in [2.24, 2.45) is 11.3 Å². The van der Waals surface area contributed by atoms with E-state index in [1.165, 1.54) is 0 Å². The molecule has 0 amide bonds. The van der Waals surface area contributed by atoms with Crippen LogP contribution in [0.1, 0.15) is 45.8 Å². The smallest absolute Gasteiger partial charge is 0.223 e. The van der Waals surface area contributed by atoms with Gasteiger partial charge in [-0.15, -0.1) is 0 Å². The van der Waals surface area contributed by atoms with E-state index in [0.29, 0.717) is 30.5 Å². The third kappa shape index (κ3) is 3.34. The van der Waals surface area contributed by atoms with Crippen molar-refractivity contribution in [1.82, 2.24) is 15.5 Å². The first kappa shape index (κ1) is 14.5. The largest absolute Gasteiger partial charge is 0.377 e. The molecule has 19 heavy (non-hydrogen) atoms. The summed E-state index contributed by atoms with van der Waals surface area (Å²) in [5, 5.41) is 7.38. The lowest BCUT2D eigenvalue weighted by Crippen LogP contribution is -2.60. The number of rotatable bonds is 6. The molecular formula is C14H25N3O2. The van der Waals surface area contributed by atoms with Gasteiger partial charge in [0, 0.05) is 25.0 Å². The summed E-state index contributed by atoms with van der Waals surface area (Å²) in [4.78, 5) is 4.20. The van der Waals surface area contributed by atoms with Crippen LogP contribution in [-0.4, -0.2) is 28.9 Å². The second-order valence-corrected chi connectivity index (χ2v) is 6.44. The number of aryl methyl sites for hydroxylation is 1. The first-order chi connectivity index (χ1) is 8.89. The molecule has 1 aliphatic rings. The lowest BCUT2D eigenvalue weighted by atomic mass is 9.64. The fourth-order valence-electron chi connectivity index (χ4n) is 2.45. The molecular weight excluding hydrogens is 242 g/mol. The van der Waals surface area contributed by atoms with Gasteiger partial charge in [-0.25, -0.2) is 0 Å². The minimum atomic E-state index is 0.160. The molecule has 0 bridgehead atoms. The maximum atomic E-state index is 5.95. The second-order valence-electron chi connectivity index (χ2n) is 6.44. The molecule has 0 aliphatic heterocycles. The third-order valence-corrected chi connectivity index (χ3v) is 3.88. The summed E-state index contributed by atoms with van der Waals surface area (Å²) in [5.41, 5.74) is 0.160. The van der Waals surface area contributed by atoms with Crippen LogP contribution in [0.4, 0.5) is 0 Å². The summed E-state index contributed by atoms with van der Waals surface area (Å²) in [6, 6.07) is 0.448. The van der Waals surface area contributed by atoms with E-state index < -0.39 is 0 Å². The van der Waals surface area contributed by atoms with Crippen molar-refractivity contribution in [2.75, 3.05) is 6.61 Å². The van der Waals surface area contributed by atoms with Crippen molar-refractivity contribution < 1.29 is 9.26 Å². The van der Waals surface area contributed by atoms with E-state index >= 15 is 0 Å². The van der Waals surface area contributed by atoms with Crippen molar-refractivity contribution in [3.63, 3.8) is 0 Å². The molecule has 0 aromatic carbocycles. The van der Waals surface area contributed by atoms with Crippen LogP contribution in [0.3, 0.4) is 0 Å². The molecule has 1 fully saturated rings. The Labute approximate surface area is 115 Å². The highest BCUT2D eigenvalue weighted by Gasteiger charge is 2.48. The normalized spacial score (nSPS) is 25.6. The monoisotopic (exact) mass is 267 g/mol. The first-order valence-electron chi connectivity index (χ1n) is 7.03. The molecule has 2 unspecified atom stereocenters. The average molecular weight is 267 g/mol. The Morgan fingerprint density at radius 1 is 1.47 bits per heavy atom. The van der Waals surface area contributed by atoms with Crippen LogP contribution < -0.4 is 5.32 Å². The number of aromatic nitrogens is 2. The Bertz CT molecular complexity index is 415. The van der Waals surface area contributed by atoms with Gasteiger partial charge in [-0.2, -0.15) is 4.98 Å². The minimum absolute atomic E-state index is 0.160. The van der Waals surface area contributed by atoms with Crippen LogP contribution in [0, 0.1) is 18.3 Å². The van der Waals surface area contributed by atoms with Gasteiger partial charge >= 0.3 is 0 Å². The molecule has 5 nitrogen and oxygen atoms in total. The number of nitrogens with one attached hydrogen (secondary N) is 1. The summed E-state index contributed by atoms with van der Waals surface area (Å²) < 4.78 is 10.9. The molecule has 108 valence electrons. The van der Waals surface area contributed by atoms with Crippen LogP contribution in [0.15, 0.2) is 4.52 Å². The van der Waals surface area contributed by atoms with E-state index in [1.54, 1.807) is 6.92 Å². The van der Waals surface area contributed by atoms with Gasteiger partial charge in [0.05, 0.1) is 12.6 Å². The molecule has 1 saturated carbocycles. The first-order valence-corrected chi connectivity index (χ1v) is 7.03. The predicted molar refractivity (Wildman–Crippen MR) is 72.6 cm³/mol. The Morgan fingerprint density at radius 2 is 2.21 bits per heavy atom. The Kier molecular flexibility index (Phi) is 4.26. The highest BCUT2D eigenvalue weighted by atomic mass is 16.5. The fourth-order valence-corrected chi connectivity index (χ4v) is 2.45. The van der Waals surface area contributed by atoms with Crippen molar-refractivity contribution in [1.29, 1.82) is 0 Å². The zero-order valence-electron chi connectivity index (χ0n) is 12.6. The van der Waals surface area contributed by atoms with Gasteiger partial charge in [-0.05, 0) is 12.3 Å². The second kappa shape index (κ2) is 5.59. The summed E-state index contributed by atoms with van der Waals surface area (Å²) in [6.07, 6.45) is 1.40. The average Bonchev–Trinajstić information content (AvgIpc) is 2.72. The van der Waals surface area contributed by atoms with Crippen molar-refractivity contribution in [3.8, 4) is 0 Å². The van der Waals surface area contributed by atoms with E-state index in [4.69, 9.17) is 9.26 Å². The van der Waals surface area contributed by atoms with Gasteiger partial charge in [-0.3, -0.25) is 0 Å². The van der Waals surface area contributed by atoms with E-state index in [0.717, 1.165) is 18.9 Å². The Hall–Kier alpha value is -0.940. The standard InChI is InChI=1S/C14H25N3O2/c1-9(2)8-18-12-6-11(14(12,4)5)15-7-13-16-10(3)19-17-13/h9,11-12,15H,6-8H2,1-5H3. The summed E-state index contributed by atoms with van der Waals surface area (Å²) in [7, 11) is 0. The van der Waals surface area contributed by atoms with Crippen molar-refractivity contribution in [2.45, 2.75) is 59.7 Å². The number of hydrogen-bond donors (Lipinski definition) is 1. The lowest BCUT2D eigenvalue weighted by molar-refractivity contribution is -0.124. The van der Waals surface area contributed by atoms with Crippen molar-refractivity contribution >= 4 is 0 Å². The zero-order chi connectivity index (χ0) is 14.0. The van der Waals surface area contributed by atoms with E-state index in [1.807, 2.05) is 0 Å². The van der Waals surface area contributed by atoms with Crippen LogP contribution in [0.5, 0.6) is 0 Å². The van der Waals surface area contributed by atoms with E-state index in [2.05, 4.69) is 43.2 Å². The zero-order valence-corrected chi connectivity index (χ0v) is 12.6. The maximum absolute atomic E-state index is 5.95. The molecule has 1 aromatic heterocycles. The van der Waals surface area contributed by atoms with Crippen LogP contribution >= 0.6 is 0 Å². The summed E-state index contributed by atoms with van der Waals surface area (Å²) >= 11 is 0. The van der Waals surface area contributed by atoms with Crippen molar-refractivity contribution in [3.05, 3.63) is 11.7 Å². The van der Waals surface area contributed by atoms with Gasteiger partial charge in [0.15, 0.2) is 5.82 Å². The highest BCUT2D eigenvalue weighted by Crippen LogP contribution is 2.43. The minimum Gasteiger partial charge on any atom is -0.377 e. The topological polar surface area (TPSA) is 60.2 Å². The van der Waals surface area contributed by atoms with E-state index in [-0.39, 0.29) is 5.41 Å². The van der Waals surface area contributed by atoms with Crippen LogP contribution in [-0.2, 0) is 11.3 Å². The van der Waals surface area contributed by atoms with Gasteiger partial charge in [0.25, 0.3) is 0 Å². The van der Waals surface area contributed by atoms with Gasteiger partial charge in [0.2, 0.25) is 5.89 Å². The SMILES string of the molecule is Cc1nc(CNC2CC(OCC(C)C)C2(C)C)no1. The number of hydrogen-bond acceptors (Lipinski definition) is 5. The third-order valence-electron chi connectivity index (χ3n) is 3.88. The number of nitrogens with zero attached hydrogens (tertiary/aromatic N) is 2. The Balaban J connectivity index is 1.77. The molecule has 0 radical (unpaired) electrons. The van der Waals surface area contributed by atoms with Gasteiger partial charge in [-0.1, -0.05) is 32.9 Å². The molecule has 0 saturated heterocycles. The molecule has 1 N–H and O–H groups in total. The molecule has 0 spiro atoms. The highest BCUT2D eigenvalue weighted by molar-refractivity contribution is 5.03. The number of ether oxygens (including phenoxy) is 1. The molecule has 5 heteroatoms. The summed E-state index contributed by atoms with van der Waals surface area (Å²) in [5.74, 6) is 1.92. The molecule has 1 aliphatic carbocycles. The quantitative estimate of drug-likeness (QED) is 0.857. The molecule has 1 aromatic rings. The molecule has 2 atom stereocenters. The predicted octanol–water partition coefficient (Wildman–Crippen LogP) is 2.31. The lowest BCUT2D eigenvalue weighted by Gasteiger charge is -2.52. The van der Waals surface area contributed by atoms with E-state index in [9.17, 15) is 0 Å². The molecule has 1 heterocycles.